The van der Waals surface area contributed by atoms with Gasteiger partial charge in [0, 0.05) is 30.0 Å². The minimum absolute atomic E-state index is 0.226. The summed E-state index contributed by atoms with van der Waals surface area (Å²) in [5, 5.41) is 4.71. The van der Waals surface area contributed by atoms with Crippen molar-refractivity contribution in [2.75, 3.05) is 5.32 Å². The summed E-state index contributed by atoms with van der Waals surface area (Å²) in [4.78, 5) is 8.89. The van der Waals surface area contributed by atoms with E-state index in [1.807, 2.05) is 12.1 Å². The van der Waals surface area contributed by atoms with Gasteiger partial charge in [0.25, 0.3) is 0 Å². The van der Waals surface area contributed by atoms with E-state index in [1.54, 1.807) is 30.6 Å². The molecular weight excluding hydrogens is 463 g/mol. The molecule has 7 heteroatoms. The summed E-state index contributed by atoms with van der Waals surface area (Å²) >= 11 is 6.47. The zero-order chi connectivity index (χ0) is 24.2. The lowest BCUT2D eigenvalue weighted by Crippen LogP contribution is -1.99. The van der Waals surface area contributed by atoms with Gasteiger partial charge in [-0.2, -0.15) is 0 Å². The molecule has 0 atom stereocenters. The van der Waals surface area contributed by atoms with E-state index in [2.05, 4.69) is 57.4 Å². The summed E-state index contributed by atoms with van der Waals surface area (Å²) in [6.07, 6.45) is 6.89. The molecule has 176 valence electrons. The van der Waals surface area contributed by atoms with Crippen molar-refractivity contribution in [3.63, 3.8) is 0 Å². The quantitative estimate of drug-likeness (QED) is 0.245. The lowest BCUT2D eigenvalue weighted by atomic mass is 10.1. The Morgan fingerprint density at radius 3 is 2.74 bits per heavy atom. The molecule has 5 nitrogen and oxygen atoms in total. The van der Waals surface area contributed by atoms with Crippen LogP contribution >= 0.6 is 11.6 Å². The minimum atomic E-state index is -0.296. The van der Waals surface area contributed by atoms with Gasteiger partial charge in [-0.1, -0.05) is 36.7 Å². The first-order valence-electron chi connectivity index (χ1n) is 11.4. The molecule has 2 heterocycles. The first-order valence-corrected chi connectivity index (χ1v) is 11.8. The summed E-state index contributed by atoms with van der Waals surface area (Å²) in [6.45, 7) is 3.39. The molecule has 0 aliphatic rings. The molecule has 0 radical (unpaired) electrons. The van der Waals surface area contributed by atoms with Crippen LogP contribution in [0.1, 0.15) is 18.9 Å². The van der Waals surface area contributed by atoms with E-state index in [-0.39, 0.29) is 12.4 Å². The molecule has 0 aliphatic carbocycles. The molecule has 1 N–H and O–H groups in total. The Balaban J connectivity index is 1.37. The van der Waals surface area contributed by atoms with Crippen molar-refractivity contribution < 1.29 is 9.13 Å². The van der Waals surface area contributed by atoms with Gasteiger partial charge in [-0.15, -0.1) is 0 Å². The Kier molecular flexibility index (Phi) is 6.64. The van der Waals surface area contributed by atoms with Crippen molar-refractivity contribution in [1.29, 1.82) is 0 Å². The van der Waals surface area contributed by atoms with Crippen molar-refractivity contribution >= 4 is 34.0 Å². The molecule has 5 rings (SSSR count). The molecule has 2 aromatic heterocycles. The van der Waals surface area contributed by atoms with Crippen molar-refractivity contribution in [3.05, 3.63) is 102 Å². The third-order valence-electron chi connectivity index (χ3n) is 5.68. The van der Waals surface area contributed by atoms with Gasteiger partial charge in [-0.05, 0) is 71.6 Å². The van der Waals surface area contributed by atoms with E-state index in [9.17, 15) is 4.39 Å². The van der Waals surface area contributed by atoms with Crippen LogP contribution in [-0.4, -0.2) is 14.5 Å². The van der Waals surface area contributed by atoms with Crippen LogP contribution in [0.5, 0.6) is 5.75 Å². The number of halogens is 2. The Hall–Kier alpha value is -3.90. The van der Waals surface area contributed by atoms with Gasteiger partial charge in [-0.25, -0.2) is 14.4 Å². The van der Waals surface area contributed by atoms with Crippen LogP contribution in [0.4, 0.5) is 15.9 Å². The number of anilines is 2. The first-order chi connectivity index (χ1) is 17.1. The Morgan fingerprint density at radius 2 is 1.91 bits per heavy atom. The van der Waals surface area contributed by atoms with Gasteiger partial charge in [0.2, 0.25) is 0 Å². The molecule has 5 aromatic rings. The van der Waals surface area contributed by atoms with Gasteiger partial charge >= 0.3 is 0 Å². The highest BCUT2D eigenvalue weighted by atomic mass is 35.5. The van der Waals surface area contributed by atoms with Gasteiger partial charge < -0.3 is 14.6 Å². The van der Waals surface area contributed by atoms with Crippen LogP contribution in [0, 0.1) is 5.82 Å². The molecule has 35 heavy (non-hydrogen) atoms. The maximum absolute atomic E-state index is 13.4. The van der Waals surface area contributed by atoms with E-state index >= 15 is 0 Å². The second-order valence-corrected chi connectivity index (χ2v) is 8.69. The highest BCUT2D eigenvalue weighted by Crippen LogP contribution is 2.32. The van der Waals surface area contributed by atoms with E-state index < -0.39 is 0 Å². The van der Waals surface area contributed by atoms with Crippen LogP contribution in [0.25, 0.3) is 22.0 Å². The fourth-order valence-electron chi connectivity index (χ4n) is 3.96. The highest BCUT2D eigenvalue weighted by molar-refractivity contribution is 6.32. The van der Waals surface area contributed by atoms with Crippen molar-refractivity contribution in [2.24, 2.45) is 0 Å². The molecule has 0 saturated carbocycles. The lowest BCUT2D eigenvalue weighted by molar-refractivity contribution is 0.306. The van der Waals surface area contributed by atoms with E-state index in [1.165, 1.54) is 12.1 Å². The van der Waals surface area contributed by atoms with Gasteiger partial charge in [0.15, 0.2) is 0 Å². The molecule has 0 bridgehead atoms. The topological polar surface area (TPSA) is 52.0 Å². The summed E-state index contributed by atoms with van der Waals surface area (Å²) in [5.74, 6) is 0.915. The van der Waals surface area contributed by atoms with Crippen LogP contribution < -0.4 is 10.1 Å². The number of hydrogen-bond acceptors (Lipinski definition) is 4. The van der Waals surface area contributed by atoms with Gasteiger partial charge in [0.1, 0.15) is 30.3 Å². The minimum Gasteiger partial charge on any atom is -0.487 e. The van der Waals surface area contributed by atoms with Gasteiger partial charge in [0.05, 0.1) is 10.5 Å². The summed E-state index contributed by atoms with van der Waals surface area (Å²) in [7, 11) is 0. The second-order valence-electron chi connectivity index (χ2n) is 8.28. The largest absolute Gasteiger partial charge is 0.487 e. The third-order valence-corrected chi connectivity index (χ3v) is 5.97. The predicted molar refractivity (Wildman–Crippen MR) is 139 cm³/mol. The number of ether oxygens (including phenoxy) is 1. The molecule has 3 aromatic carbocycles. The monoisotopic (exact) mass is 486 g/mol. The predicted octanol–water partition coefficient (Wildman–Crippen LogP) is 7.62. The Morgan fingerprint density at radius 1 is 1.00 bits per heavy atom. The molecule has 0 aliphatic heterocycles. The number of nitrogens with zero attached hydrogens (tertiary/aromatic N) is 3. The van der Waals surface area contributed by atoms with Crippen LogP contribution in [0.2, 0.25) is 5.02 Å². The van der Waals surface area contributed by atoms with E-state index in [0.29, 0.717) is 16.6 Å². The highest BCUT2D eigenvalue weighted by Gasteiger charge is 2.10. The number of aromatic nitrogens is 3. The second kappa shape index (κ2) is 10.2. The van der Waals surface area contributed by atoms with E-state index in [4.69, 9.17) is 16.3 Å². The molecular formula is C28H24ClFN4O. The van der Waals surface area contributed by atoms with Crippen LogP contribution in [0.3, 0.4) is 0 Å². The third kappa shape index (κ3) is 5.28. The van der Waals surface area contributed by atoms with Crippen molar-refractivity contribution in [3.8, 4) is 16.9 Å². The normalized spacial score (nSPS) is 11.1. The van der Waals surface area contributed by atoms with Crippen molar-refractivity contribution in [1.82, 2.24) is 14.5 Å². The number of rotatable bonds is 8. The molecule has 0 spiro atoms. The number of fused-ring (bicyclic) bond motifs is 1. The SMILES string of the molecule is CCCn1ccc(-c2ccc3ncnc(Nc4ccc(OCc5cccc(F)c5)c(Cl)c4)c3c2)c1. The number of benzene rings is 3. The Bertz CT molecular complexity index is 1480. The number of aryl methyl sites for hydroxylation is 1. The van der Waals surface area contributed by atoms with Crippen LogP contribution in [0.15, 0.2) is 85.5 Å². The number of hydrogen-bond donors (Lipinski definition) is 1. The molecule has 0 unspecified atom stereocenters. The fraction of sp³-hybridized carbons (Fsp3) is 0.143. The fourth-order valence-corrected chi connectivity index (χ4v) is 4.20. The number of nitrogens with one attached hydrogen (secondary N) is 1. The zero-order valence-corrected chi connectivity index (χ0v) is 20.0. The Labute approximate surface area is 208 Å². The summed E-state index contributed by atoms with van der Waals surface area (Å²) in [6, 6.07) is 20.0. The molecule has 0 saturated heterocycles. The first kappa shape index (κ1) is 22.9. The molecule has 0 amide bonds. The zero-order valence-electron chi connectivity index (χ0n) is 19.2. The van der Waals surface area contributed by atoms with E-state index in [0.717, 1.165) is 46.2 Å². The summed E-state index contributed by atoms with van der Waals surface area (Å²) < 4.78 is 21.4. The maximum Gasteiger partial charge on any atom is 0.141 e. The average Bonchev–Trinajstić information content (AvgIpc) is 3.32. The maximum atomic E-state index is 13.4. The lowest BCUT2D eigenvalue weighted by Gasteiger charge is -2.12. The average molecular weight is 487 g/mol. The molecule has 0 fully saturated rings. The van der Waals surface area contributed by atoms with Gasteiger partial charge in [-0.3, -0.25) is 0 Å². The van der Waals surface area contributed by atoms with Crippen molar-refractivity contribution in [2.45, 2.75) is 26.5 Å². The van der Waals surface area contributed by atoms with Crippen LogP contribution in [-0.2, 0) is 13.2 Å². The smallest absolute Gasteiger partial charge is 0.141 e. The standard InChI is InChI=1S/C28H24ClFN4O/c1-2-11-34-12-10-21(16-34)20-6-8-26-24(14-20)28(32-18-31-26)33-23-7-9-27(25(29)15-23)35-17-19-4-3-5-22(30)13-19/h3-10,12-16,18H,2,11,17H2,1H3,(H,31,32,33). The summed E-state index contributed by atoms with van der Waals surface area (Å²) in [5.41, 5.74) is 4.60.